The highest BCUT2D eigenvalue weighted by Gasteiger charge is 2.49. The summed E-state index contributed by atoms with van der Waals surface area (Å²) < 4.78 is 0. The number of nitrogens with zero attached hydrogens (tertiary/aromatic N) is 1. The van der Waals surface area contributed by atoms with Crippen LogP contribution < -0.4 is 4.90 Å². The first-order valence-corrected chi connectivity index (χ1v) is 23.6. The Morgan fingerprint density at radius 1 is 0.206 bits per heavy atom. The topological polar surface area (TPSA) is 3.24 Å². The van der Waals surface area contributed by atoms with Gasteiger partial charge in [-0.15, -0.1) is 0 Å². The normalized spacial score (nSPS) is 12.5. The van der Waals surface area contributed by atoms with Crippen LogP contribution in [0.25, 0.3) is 77.9 Å². The maximum absolute atomic E-state index is 2.52. The van der Waals surface area contributed by atoms with Crippen molar-refractivity contribution in [3.05, 3.63) is 295 Å². The zero-order chi connectivity index (χ0) is 45.0. The fourth-order valence-corrected chi connectivity index (χ4v) is 11.4. The minimum Gasteiger partial charge on any atom is -0.310 e. The highest BCUT2D eigenvalue weighted by atomic mass is 15.1. The van der Waals surface area contributed by atoms with Crippen LogP contribution in [0.15, 0.2) is 273 Å². The molecule has 318 valence electrons. The summed E-state index contributed by atoms with van der Waals surface area (Å²) in [6.07, 6.45) is 0. The van der Waals surface area contributed by atoms with Gasteiger partial charge in [0, 0.05) is 16.9 Å². The molecule has 1 nitrogen and oxygen atoms in total. The van der Waals surface area contributed by atoms with Gasteiger partial charge in [-0.05, 0) is 131 Å². The van der Waals surface area contributed by atoms with Crippen molar-refractivity contribution in [2.45, 2.75) is 5.41 Å². The molecule has 1 heteroatoms. The van der Waals surface area contributed by atoms with E-state index in [1.54, 1.807) is 0 Å². The van der Waals surface area contributed by atoms with Crippen LogP contribution in [0.1, 0.15) is 22.3 Å². The zero-order valence-electron chi connectivity index (χ0n) is 37.4. The second kappa shape index (κ2) is 16.3. The van der Waals surface area contributed by atoms with Gasteiger partial charge < -0.3 is 4.90 Å². The fourth-order valence-electron chi connectivity index (χ4n) is 11.4. The van der Waals surface area contributed by atoms with Gasteiger partial charge in [0.05, 0.1) is 11.1 Å². The van der Waals surface area contributed by atoms with Gasteiger partial charge in [-0.2, -0.15) is 0 Å². The van der Waals surface area contributed by atoms with Gasteiger partial charge in [-0.1, -0.05) is 237 Å². The van der Waals surface area contributed by atoms with E-state index in [2.05, 4.69) is 278 Å². The fraction of sp³-hybridized carbons (Fsp3) is 0.0149. The monoisotopic (exact) mass is 863 g/mol. The molecule has 0 aromatic heterocycles. The van der Waals surface area contributed by atoms with E-state index in [9.17, 15) is 0 Å². The minimum absolute atomic E-state index is 0.698. The molecule has 0 saturated carbocycles. The molecule has 0 atom stereocenters. The van der Waals surface area contributed by atoms with Crippen LogP contribution in [0, 0.1) is 0 Å². The van der Waals surface area contributed by atoms with Crippen molar-refractivity contribution in [1.82, 2.24) is 0 Å². The predicted molar refractivity (Wildman–Crippen MR) is 285 cm³/mol. The van der Waals surface area contributed by atoms with Crippen LogP contribution in [0.3, 0.4) is 0 Å². The van der Waals surface area contributed by atoms with Crippen LogP contribution in [-0.4, -0.2) is 0 Å². The van der Waals surface area contributed by atoms with Gasteiger partial charge in [-0.25, -0.2) is 0 Å². The highest BCUT2D eigenvalue weighted by molar-refractivity contribution is 6.00. The molecule has 1 spiro atoms. The van der Waals surface area contributed by atoms with E-state index >= 15 is 0 Å². The van der Waals surface area contributed by atoms with Gasteiger partial charge in [0.25, 0.3) is 0 Å². The van der Waals surface area contributed by atoms with Crippen molar-refractivity contribution >= 4 is 17.1 Å². The Morgan fingerprint density at radius 2 is 0.588 bits per heavy atom. The first-order valence-electron chi connectivity index (χ1n) is 23.6. The summed E-state index contributed by atoms with van der Waals surface area (Å²) in [5.41, 5.74) is 24.6. The molecule has 2 aliphatic carbocycles. The molecule has 0 radical (unpaired) electrons. The molecule has 2 aliphatic rings. The number of anilines is 3. The number of hydrogen-bond donors (Lipinski definition) is 0. The molecule has 68 heavy (non-hydrogen) atoms. The van der Waals surface area contributed by atoms with E-state index < -0.39 is 5.41 Å². The van der Waals surface area contributed by atoms with Gasteiger partial charge >= 0.3 is 0 Å². The van der Waals surface area contributed by atoms with E-state index in [4.69, 9.17) is 0 Å². The molecule has 11 aromatic carbocycles. The van der Waals surface area contributed by atoms with Crippen LogP contribution in [0.2, 0.25) is 0 Å². The van der Waals surface area contributed by atoms with Crippen molar-refractivity contribution in [3.63, 3.8) is 0 Å². The van der Waals surface area contributed by atoms with E-state index in [1.807, 2.05) is 0 Å². The maximum Gasteiger partial charge on any atom is 0.0726 e. The SMILES string of the molecule is c1ccc(-c2cccc(N(c3ccc4c(c3)C3(c5ccccc5-c5ccccc5-c5ccccc5-c5ccccc53)c3ccccc3-4)c3ccc(-c4ccccc4)cc3-c3ccccc3)c2)cc1. The molecule has 0 fully saturated rings. The highest BCUT2D eigenvalue weighted by Crippen LogP contribution is 2.62. The van der Waals surface area contributed by atoms with Gasteiger partial charge in [-0.3, -0.25) is 0 Å². The van der Waals surface area contributed by atoms with Gasteiger partial charge in [0.15, 0.2) is 0 Å². The summed E-state index contributed by atoms with van der Waals surface area (Å²) in [4.78, 5) is 2.50. The first kappa shape index (κ1) is 39.6. The van der Waals surface area contributed by atoms with Gasteiger partial charge in [0.1, 0.15) is 0 Å². The van der Waals surface area contributed by atoms with E-state index in [-0.39, 0.29) is 0 Å². The molecule has 11 aromatic rings. The molecule has 13 rings (SSSR count). The third-order valence-electron chi connectivity index (χ3n) is 14.3. The zero-order valence-corrected chi connectivity index (χ0v) is 37.4. The summed E-state index contributed by atoms with van der Waals surface area (Å²) in [5, 5.41) is 0. The summed E-state index contributed by atoms with van der Waals surface area (Å²) >= 11 is 0. The predicted octanol–water partition coefficient (Wildman–Crippen LogP) is 17.8. The van der Waals surface area contributed by atoms with Crippen molar-refractivity contribution in [3.8, 4) is 77.9 Å². The molecule has 0 unspecified atom stereocenters. The molecule has 0 heterocycles. The van der Waals surface area contributed by atoms with Crippen LogP contribution in [-0.2, 0) is 5.41 Å². The summed E-state index contributed by atoms with van der Waals surface area (Å²) in [5.74, 6) is 0. The lowest BCUT2D eigenvalue weighted by molar-refractivity contribution is 0.773. The van der Waals surface area contributed by atoms with Gasteiger partial charge in [0.2, 0.25) is 0 Å². The van der Waals surface area contributed by atoms with E-state index in [0.717, 1.165) is 33.8 Å². The lowest BCUT2D eigenvalue weighted by atomic mass is 9.64. The molecular weight excluding hydrogens is 819 g/mol. The maximum atomic E-state index is 2.52. The standard InChI is InChI=1S/C67H45N/c1-4-21-46(22-5-1)49-27-20-28-51(43-49)68(66-42-39-50(47-23-6-2-7-24-47)44-61(66)48-25-8-3-9-26-48)52-40-41-60-59-35-16-19-38-64(59)67(65(60)45-52)62-36-17-14-33-57(62)55-31-12-10-29-53(55)54-30-11-13-32-56(54)58-34-15-18-37-63(58)67/h1-45H. The Morgan fingerprint density at radius 3 is 1.12 bits per heavy atom. The second-order valence-electron chi connectivity index (χ2n) is 17.9. The number of rotatable bonds is 6. The van der Waals surface area contributed by atoms with Crippen LogP contribution in [0.4, 0.5) is 17.1 Å². The molecule has 0 amide bonds. The van der Waals surface area contributed by atoms with Crippen LogP contribution >= 0.6 is 0 Å². The third-order valence-corrected chi connectivity index (χ3v) is 14.3. The lowest BCUT2D eigenvalue weighted by Crippen LogP contribution is -2.30. The molecule has 0 bridgehead atoms. The Balaban J connectivity index is 1.14. The van der Waals surface area contributed by atoms with Crippen molar-refractivity contribution in [2.75, 3.05) is 4.90 Å². The van der Waals surface area contributed by atoms with Crippen molar-refractivity contribution in [1.29, 1.82) is 0 Å². The minimum atomic E-state index is -0.698. The molecule has 0 saturated heterocycles. The second-order valence-corrected chi connectivity index (χ2v) is 17.9. The van der Waals surface area contributed by atoms with Crippen molar-refractivity contribution < 1.29 is 0 Å². The largest absolute Gasteiger partial charge is 0.310 e. The number of fused-ring (bicyclic) bond motifs is 14. The molecule has 0 aliphatic heterocycles. The molecule has 0 N–H and O–H groups in total. The van der Waals surface area contributed by atoms with Crippen LogP contribution in [0.5, 0.6) is 0 Å². The lowest BCUT2D eigenvalue weighted by Gasteiger charge is -2.37. The number of benzene rings is 11. The van der Waals surface area contributed by atoms with E-state index in [0.29, 0.717) is 0 Å². The summed E-state index contributed by atoms with van der Waals surface area (Å²) in [6.45, 7) is 0. The average Bonchev–Trinajstić information content (AvgIpc) is 3.73. The Kier molecular flexibility index (Phi) is 9.47. The first-order chi connectivity index (χ1) is 33.8. The quantitative estimate of drug-likeness (QED) is 0.161. The summed E-state index contributed by atoms with van der Waals surface area (Å²) in [7, 11) is 0. The Hall–Kier alpha value is -8.78. The van der Waals surface area contributed by atoms with Crippen molar-refractivity contribution in [2.24, 2.45) is 0 Å². The number of hydrogen-bond acceptors (Lipinski definition) is 1. The smallest absolute Gasteiger partial charge is 0.0726 e. The summed E-state index contributed by atoms with van der Waals surface area (Å²) in [6, 6.07) is 101. The third kappa shape index (κ3) is 6.24. The van der Waals surface area contributed by atoms with E-state index in [1.165, 1.54) is 83.5 Å². The Labute approximate surface area is 398 Å². The average molecular weight is 864 g/mol. The Bertz CT molecular complexity index is 3590. The molecular formula is C67H45N.